The summed E-state index contributed by atoms with van der Waals surface area (Å²) in [6, 6.07) is 6.02. The number of nitrogens with two attached hydrogens (primary N) is 1. The minimum atomic E-state index is -0.121. The van der Waals surface area contributed by atoms with Gasteiger partial charge in [-0.1, -0.05) is 12.1 Å². The van der Waals surface area contributed by atoms with Crippen molar-refractivity contribution in [1.29, 1.82) is 0 Å². The first-order valence-electron chi connectivity index (χ1n) is 5.34. The van der Waals surface area contributed by atoms with Crippen LogP contribution in [0.1, 0.15) is 22.7 Å². The van der Waals surface area contributed by atoms with Crippen molar-refractivity contribution in [1.82, 2.24) is 10.2 Å². The minimum Gasteiger partial charge on any atom is -0.493 e. The molecule has 0 aliphatic carbocycles. The normalized spacial score (nSPS) is 15.6. The number of hydrogen-bond acceptors (Lipinski definition) is 3. The summed E-state index contributed by atoms with van der Waals surface area (Å²) in [4.78, 5) is 0. The van der Waals surface area contributed by atoms with E-state index in [0.717, 1.165) is 29.9 Å². The number of aromatic nitrogens is 2. The monoisotopic (exact) mass is 215 g/mol. The van der Waals surface area contributed by atoms with E-state index in [9.17, 15) is 0 Å². The molecule has 4 heteroatoms. The zero-order valence-electron chi connectivity index (χ0n) is 8.81. The molecule has 1 aromatic heterocycles. The van der Waals surface area contributed by atoms with E-state index in [1.54, 1.807) is 6.20 Å². The van der Waals surface area contributed by atoms with Gasteiger partial charge in [0.05, 0.1) is 18.8 Å². The maximum absolute atomic E-state index is 6.15. The van der Waals surface area contributed by atoms with Crippen LogP contribution in [0.4, 0.5) is 0 Å². The first-order valence-corrected chi connectivity index (χ1v) is 5.34. The van der Waals surface area contributed by atoms with Crippen LogP contribution in [0.5, 0.6) is 5.75 Å². The number of hydrogen-bond donors (Lipinski definition) is 2. The molecule has 2 aromatic rings. The van der Waals surface area contributed by atoms with Crippen LogP contribution in [0.3, 0.4) is 0 Å². The molecular formula is C12H13N3O. The highest BCUT2D eigenvalue weighted by atomic mass is 16.5. The average molecular weight is 215 g/mol. The average Bonchev–Trinajstić information content (AvgIpc) is 2.98. The Hall–Kier alpha value is -1.81. The molecule has 3 N–H and O–H groups in total. The lowest BCUT2D eigenvalue weighted by atomic mass is 9.99. The number of benzene rings is 1. The molecule has 16 heavy (non-hydrogen) atoms. The van der Waals surface area contributed by atoms with Gasteiger partial charge in [-0.2, -0.15) is 5.10 Å². The van der Waals surface area contributed by atoms with E-state index in [2.05, 4.69) is 16.3 Å². The Morgan fingerprint density at radius 2 is 2.31 bits per heavy atom. The second-order valence-corrected chi connectivity index (χ2v) is 3.97. The maximum atomic E-state index is 6.15. The summed E-state index contributed by atoms with van der Waals surface area (Å²) >= 11 is 0. The van der Waals surface area contributed by atoms with E-state index in [1.165, 1.54) is 5.56 Å². The molecule has 0 saturated carbocycles. The fourth-order valence-corrected chi connectivity index (χ4v) is 2.02. The second-order valence-electron chi connectivity index (χ2n) is 3.97. The van der Waals surface area contributed by atoms with Gasteiger partial charge in [-0.25, -0.2) is 0 Å². The number of H-pyrrole nitrogens is 1. The molecule has 1 atom stereocenters. The molecule has 0 fully saturated rings. The minimum absolute atomic E-state index is 0.121. The molecule has 1 aliphatic rings. The van der Waals surface area contributed by atoms with Gasteiger partial charge in [0.25, 0.3) is 0 Å². The number of aromatic amines is 1. The third kappa shape index (κ3) is 1.47. The Balaban J connectivity index is 1.95. The van der Waals surface area contributed by atoms with Crippen molar-refractivity contribution >= 4 is 0 Å². The Morgan fingerprint density at radius 3 is 3.12 bits per heavy atom. The third-order valence-electron chi connectivity index (χ3n) is 2.95. The zero-order chi connectivity index (χ0) is 11.0. The van der Waals surface area contributed by atoms with E-state index >= 15 is 0 Å². The van der Waals surface area contributed by atoms with E-state index in [1.807, 2.05) is 18.3 Å². The maximum Gasteiger partial charge on any atom is 0.122 e. The van der Waals surface area contributed by atoms with Gasteiger partial charge in [0, 0.05) is 18.2 Å². The lowest BCUT2D eigenvalue weighted by Gasteiger charge is -2.10. The lowest BCUT2D eigenvalue weighted by Crippen LogP contribution is -2.11. The summed E-state index contributed by atoms with van der Waals surface area (Å²) in [6.45, 7) is 0.778. The number of nitrogens with one attached hydrogen (secondary N) is 1. The topological polar surface area (TPSA) is 63.9 Å². The van der Waals surface area contributed by atoms with Gasteiger partial charge >= 0.3 is 0 Å². The highest BCUT2D eigenvalue weighted by Gasteiger charge is 2.16. The summed E-state index contributed by atoms with van der Waals surface area (Å²) in [5.74, 6) is 0.989. The summed E-state index contributed by atoms with van der Waals surface area (Å²) in [7, 11) is 0. The van der Waals surface area contributed by atoms with Gasteiger partial charge in [0.1, 0.15) is 5.75 Å². The third-order valence-corrected chi connectivity index (χ3v) is 2.95. The lowest BCUT2D eigenvalue weighted by molar-refractivity contribution is 0.357. The van der Waals surface area contributed by atoms with Gasteiger partial charge in [0.2, 0.25) is 0 Å². The van der Waals surface area contributed by atoms with Crippen LogP contribution < -0.4 is 10.5 Å². The molecule has 1 aliphatic heterocycles. The standard InChI is InChI=1S/C12H13N3O/c13-12(10-6-14-15-7-10)9-1-2-11-8(5-9)3-4-16-11/h1-2,5-7,12H,3-4,13H2,(H,14,15). The van der Waals surface area contributed by atoms with Crippen LogP contribution in [0.2, 0.25) is 0 Å². The van der Waals surface area contributed by atoms with E-state index in [4.69, 9.17) is 10.5 Å². The summed E-state index contributed by atoms with van der Waals surface area (Å²) in [5, 5.41) is 6.69. The van der Waals surface area contributed by atoms with Gasteiger partial charge in [0.15, 0.2) is 0 Å². The van der Waals surface area contributed by atoms with Crippen molar-refractivity contribution in [2.45, 2.75) is 12.5 Å². The zero-order valence-corrected chi connectivity index (χ0v) is 8.81. The van der Waals surface area contributed by atoms with Crippen molar-refractivity contribution in [3.8, 4) is 5.75 Å². The number of nitrogens with zero attached hydrogens (tertiary/aromatic N) is 1. The first kappa shape index (κ1) is 9.42. The molecule has 82 valence electrons. The van der Waals surface area contributed by atoms with Crippen molar-refractivity contribution < 1.29 is 4.74 Å². The van der Waals surface area contributed by atoms with Gasteiger partial charge in [-0.15, -0.1) is 0 Å². The van der Waals surface area contributed by atoms with Crippen molar-refractivity contribution in [3.05, 3.63) is 47.3 Å². The molecule has 0 amide bonds. The van der Waals surface area contributed by atoms with Crippen LogP contribution in [0.15, 0.2) is 30.6 Å². The Morgan fingerprint density at radius 1 is 1.38 bits per heavy atom. The largest absolute Gasteiger partial charge is 0.493 e. The molecule has 0 radical (unpaired) electrons. The highest BCUT2D eigenvalue weighted by molar-refractivity contribution is 5.42. The van der Waals surface area contributed by atoms with Crippen molar-refractivity contribution in [2.24, 2.45) is 5.73 Å². The molecular weight excluding hydrogens is 202 g/mol. The van der Waals surface area contributed by atoms with Gasteiger partial charge in [-0.3, -0.25) is 5.10 Å². The SMILES string of the molecule is NC(c1cn[nH]c1)c1ccc2c(c1)CCO2. The smallest absolute Gasteiger partial charge is 0.122 e. The molecule has 0 spiro atoms. The van der Waals surface area contributed by atoms with E-state index < -0.39 is 0 Å². The summed E-state index contributed by atoms with van der Waals surface area (Å²) in [5.41, 5.74) is 9.50. The Kier molecular flexibility index (Phi) is 2.15. The molecule has 1 unspecified atom stereocenters. The van der Waals surface area contributed by atoms with E-state index in [-0.39, 0.29) is 6.04 Å². The van der Waals surface area contributed by atoms with Gasteiger partial charge < -0.3 is 10.5 Å². The molecule has 4 nitrogen and oxygen atoms in total. The molecule has 2 heterocycles. The molecule has 3 rings (SSSR count). The predicted octanol–water partition coefficient (Wildman–Crippen LogP) is 1.39. The summed E-state index contributed by atoms with van der Waals surface area (Å²) in [6.07, 6.45) is 4.56. The Labute approximate surface area is 93.4 Å². The Bertz CT molecular complexity index is 493. The van der Waals surface area contributed by atoms with Crippen LogP contribution in [0, 0.1) is 0 Å². The fourth-order valence-electron chi connectivity index (χ4n) is 2.02. The van der Waals surface area contributed by atoms with Crippen LogP contribution >= 0.6 is 0 Å². The van der Waals surface area contributed by atoms with Crippen LogP contribution in [-0.2, 0) is 6.42 Å². The predicted molar refractivity (Wildman–Crippen MR) is 60.3 cm³/mol. The fraction of sp³-hybridized carbons (Fsp3) is 0.250. The summed E-state index contributed by atoms with van der Waals surface area (Å²) < 4.78 is 5.46. The second kappa shape index (κ2) is 3.64. The molecule has 0 saturated heterocycles. The van der Waals surface area contributed by atoms with Crippen LogP contribution in [0.25, 0.3) is 0 Å². The van der Waals surface area contributed by atoms with Gasteiger partial charge in [-0.05, 0) is 17.2 Å². The van der Waals surface area contributed by atoms with Crippen molar-refractivity contribution in [3.63, 3.8) is 0 Å². The molecule has 0 bridgehead atoms. The first-order chi connectivity index (χ1) is 7.84. The quantitative estimate of drug-likeness (QED) is 0.795. The number of fused-ring (bicyclic) bond motifs is 1. The van der Waals surface area contributed by atoms with Crippen molar-refractivity contribution in [2.75, 3.05) is 6.61 Å². The van der Waals surface area contributed by atoms with E-state index in [0.29, 0.717) is 0 Å². The highest BCUT2D eigenvalue weighted by Crippen LogP contribution is 2.29. The number of rotatable bonds is 2. The van der Waals surface area contributed by atoms with Crippen LogP contribution in [-0.4, -0.2) is 16.8 Å². The number of ether oxygens (including phenoxy) is 1. The molecule has 1 aromatic carbocycles.